The Labute approximate surface area is 122 Å². The van der Waals surface area contributed by atoms with Gasteiger partial charge in [-0.05, 0) is 42.8 Å². The molecule has 0 saturated carbocycles. The Bertz CT molecular complexity index is 573. The maximum atomic E-state index is 13.0. The molecule has 2 N–H and O–H groups in total. The van der Waals surface area contributed by atoms with Crippen LogP contribution in [0.3, 0.4) is 0 Å². The summed E-state index contributed by atoms with van der Waals surface area (Å²) in [6, 6.07) is 11.1. The van der Waals surface area contributed by atoms with Crippen molar-refractivity contribution in [2.45, 2.75) is 6.42 Å². The average Bonchev–Trinajstić information content (AvgIpc) is 2.49. The third-order valence-corrected chi connectivity index (χ3v) is 2.87. The van der Waals surface area contributed by atoms with Gasteiger partial charge in [-0.15, -0.1) is 0 Å². The molecular weight excluding hydrogens is 276 g/mol. The first-order chi connectivity index (χ1) is 10.2. The predicted octanol–water partition coefficient (Wildman–Crippen LogP) is 2.92. The predicted molar refractivity (Wildman–Crippen MR) is 76.5 cm³/mol. The first-order valence-corrected chi connectivity index (χ1v) is 6.68. The second kappa shape index (κ2) is 7.59. The lowest BCUT2D eigenvalue weighted by Gasteiger charge is -2.09. The van der Waals surface area contributed by atoms with Gasteiger partial charge in [0.15, 0.2) is 11.6 Å². The molecule has 0 heterocycles. The summed E-state index contributed by atoms with van der Waals surface area (Å²) in [5, 5.41) is 0. The van der Waals surface area contributed by atoms with Crippen LogP contribution >= 0.6 is 0 Å². The van der Waals surface area contributed by atoms with E-state index in [-0.39, 0.29) is 12.4 Å². The average molecular weight is 293 g/mol. The van der Waals surface area contributed by atoms with Crippen molar-refractivity contribution in [1.29, 1.82) is 0 Å². The van der Waals surface area contributed by atoms with E-state index in [2.05, 4.69) is 0 Å². The Morgan fingerprint density at radius 3 is 2.05 bits per heavy atom. The lowest BCUT2D eigenvalue weighted by Crippen LogP contribution is -2.09. The van der Waals surface area contributed by atoms with E-state index in [4.69, 9.17) is 15.2 Å². The Hall–Kier alpha value is -2.14. The number of hydrogen-bond donors (Lipinski definition) is 1. The number of nitrogens with two attached hydrogens (primary N) is 1. The number of hydrogen-bond acceptors (Lipinski definition) is 3. The van der Waals surface area contributed by atoms with Crippen LogP contribution in [0.4, 0.5) is 8.78 Å². The van der Waals surface area contributed by atoms with Gasteiger partial charge < -0.3 is 15.2 Å². The van der Waals surface area contributed by atoms with Crippen molar-refractivity contribution in [3.63, 3.8) is 0 Å². The Balaban J connectivity index is 1.75. The summed E-state index contributed by atoms with van der Waals surface area (Å²) < 4.78 is 36.5. The summed E-state index contributed by atoms with van der Waals surface area (Å²) >= 11 is 0. The van der Waals surface area contributed by atoms with Crippen LogP contribution in [-0.4, -0.2) is 19.8 Å². The summed E-state index contributed by atoms with van der Waals surface area (Å²) in [6.07, 6.45) is 0.833. The highest BCUT2D eigenvalue weighted by Crippen LogP contribution is 2.16. The minimum Gasteiger partial charge on any atom is -0.490 e. The monoisotopic (exact) mass is 293 g/mol. The molecule has 0 unspecified atom stereocenters. The summed E-state index contributed by atoms with van der Waals surface area (Å²) in [7, 11) is 0. The smallest absolute Gasteiger partial charge is 0.162 e. The molecule has 2 rings (SSSR count). The summed E-state index contributed by atoms with van der Waals surface area (Å²) in [4.78, 5) is 0. The lowest BCUT2D eigenvalue weighted by molar-refractivity contribution is 0.216. The molecule has 0 fully saturated rings. The minimum absolute atomic E-state index is 0.246. The van der Waals surface area contributed by atoms with E-state index < -0.39 is 11.6 Å². The lowest BCUT2D eigenvalue weighted by atomic mass is 10.1. The normalized spacial score (nSPS) is 10.4. The molecule has 2 aromatic carbocycles. The van der Waals surface area contributed by atoms with Crippen LogP contribution in [0.5, 0.6) is 11.5 Å². The fourth-order valence-corrected chi connectivity index (χ4v) is 1.80. The van der Waals surface area contributed by atoms with E-state index in [1.165, 1.54) is 6.07 Å². The molecule has 2 aromatic rings. The number of rotatable bonds is 7. The van der Waals surface area contributed by atoms with Gasteiger partial charge in [0, 0.05) is 6.07 Å². The SMILES string of the molecule is NCCc1ccc(OCCOc2ccc(F)c(F)c2)cc1. The van der Waals surface area contributed by atoms with E-state index in [1.807, 2.05) is 24.3 Å². The van der Waals surface area contributed by atoms with E-state index in [1.54, 1.807) is 0 Å². The zero-order valence-electron chi connectivity index (χ0n) is 11.5. The maximum absolute atomic E-state index is 13.0. The molecule has 0 aliphatic heterocycles. The van der Waals surface area contributed by atoms with Gasteiger partial charge in [0.2, 0.25) is 0 Å². The maximum Gasteiger partial charge on any atom is 0.162 e. The number of ether oxygens (including phenoxy) is 2. The van der Waals surface area contributed by atoms with Gasteiger partial charge in [-0.25, -0.2) is 8.78 Å². The first-order valence-electron chi connectivity index (χ1n) is 6.68. The van der Waals surface area contributed by atoms with Gasteiger partial charge in [-0.2, -0.15) is 0 Å². The van der Waals surface area contributed by atoms with Crippen LogP contribution in [-0.2, 0) is 6.42 Å². The van der Waals surface area contributed by atoms with Crippen LogP contribution in [0.2, 0.25) is 0 Å². The minimum atomic E-state index is -0.927. The van der Waals surface area contributed by atoms with Gasteiger partial charge in [-0.3, -0.25) is 0 Å². The van der Waals surface area contributed by atoms with Crippen molar-refractivity contribution in [2.24, 2.45) is 5.73 Å². The van der Waals surface area contributed by atoms with Crippen molar-refractivity contribution in [3.05, 3.63) is 59.7 Å². The molecule has 112 valence electrons. The van der Waals surface area contributed by atoms with Gasteiger partial charge in [0.25, 0.3) is 0 Å². The van der Waals surface area contributed by atoms with Crippen molar-refractivity contribution in [1.82, 2.24) is 0 Å². The summed E-state index contributed by atoms with van der Waals surface area (Å²) in [6.45, 7) is 1.17. The molecule has 0 saturated heterocycles. The second-order valence-corrected chi connectivity index (χ2v) is 4.46. The Morgan fingerprint density at radius 2 is 1.43 bits per heavy atom. The van der Waals surface area contributed by atoms with Crippen molar-refractivity contribution >= 4 is 0 Å². The third-order valence-electron chi connectivity index (χ3n) is 2.87. The van der Waals surface area contributed by atoms with Gasteiger partial charge >= 0.3 is 0 Å². The van der Waals surface area contributed by atoms with Crippen molar-refractivity contribution < 1.29 is 18.3 Å². The van der Waals surface area contributed by atoms with Gasteiger partial charge in [0.05, 0.1) is 0 Å². The van der Waals surface area contributed by atoms with Crippen LogP contribution in [0.25, 0.3) is 0 Å². The quantitative estimate of drug-likeness (QED) is 0.798. The summed E-state index contributed by atoms with van der Waals surface area (Å²) in [5.41, 5.74) is 6.63. The molecule has 0 amide bonds. The van der Waals surface area contributed by atoms with Crippen LogP contribution < -0.4 is 15.2 Å². The number of benzene rings is 2. The van der Waals surface area contributed by atoms with Gasteiger partial charge in [0.1, 0.15) is 24.7 Å². The van der Waals surface area contributed by atoms with Crippen LogP contribution in [0, 0.1) is 11.6 Å². The Kier molecular flexibility index (Phi) is 5.51. The van der Waals surface area contributed by atoms with E-state index in [9.17, 15) is 8.78 Å². The third kappa shape index (κ3) is 4.72. The molecular formula is C16H17F2NO2. The molecule has 0 aliphatic rings. The molecule has 5 heteroatoms. The fraction of sp³-hybridized carbons (Fsp3) is 0.250. The fourth-order valence-electron chi connectivity index (χ4n) is 1.80. The molecule has 0 aliphatic carbocycles. The molecule has 3 nitrogen and oxygen atoms in total. The summed E-state index contributed by atoms with van der Waals surface area (Å²) in [5.74, 6) is -0.819. The van der Waals surface area contributed by atoms with Crippen molar-refractivity contribution in [3.8, 4) is 11.5 Å². The number of halogens is 2. The second-order valence-electron chi connectivity index (χ2n) is 4.46. The molecule has 0 bridgehead atoms. The van der Waals surface area contributed by atoms with E-state index in [0.29, 0.717) is 13.2 Å². The van der Waals surface area contributed by atoms with E-state index in [0.717, 1.165) is 29.9 Å². The molecule has 0 radical (unpaired) electrons. The molecule has 0 aromatic heterocycles. The Morgan fingerprint density at radius 1 is 0.810 bits per heavy atom. The highest BCUT2D eigenvalue weighted by atomic mass is 19.2. The molecule has 0 atom stereocenters. The van der Waals surface area contributed by atoms with Crippen LogP contribution in [0.1, 0.15) is 5.56 Å². The molecule has 0 spiro atoms. The standard InChI is InChI=1S/C16H17F2NO2/c17-15-6-5-14(11-16(15)18)21-10-9-20-13-3-1-12(2-4-13)7-8-19/h1-6,11H,7-10,19H2. The zero-order chi connectivity index (χ0) is 15.1. The first kappa shape index (κ1) is 15.3. The van der Waals surface area contributed by atoms with Crippen molar-refractivity contribution in [2.75, 3.05) is 19.8 Å². The highest BCUT2D eigenvalue weighted by molar-refractivity contribution is 5.27. The topological polar surface area (TPSA) is 44.5 Å². The van der Waals surface area contributed by atoms with Crippen LogP contribution in [0.15, 0.2) is 42.5 Å². The largest absolute Gasteiger partial charge is 0.490 e. The van der Waals surface area contributed by atoms with E-state index >= 15 is 0 Å². The highest BCUT2D eigenvalue weighted by Gasteiger charge is 2.03. The van der Waals surface area contributed by atoms with Gasteiger partial charge in [-0.1, -0.05) is 12.1 Å². The molecule has 21 heavy (non-hydrogen) atoms. The zero-order valence-corrected chi connectivity index (χ0v) is 11.5.